The molecule has 0 fully saturated rings. The van der Waals surface area contributed by atoms with Gasteiger partial charge in [0.05, 0.1) is 21.3 Å². The summed E-state index contributed by atoms with van der Waals surface area (Å²) in [4.78, 5) is 12.9. The van der Waals surface area contributed by atoms with Crippen LogP contribution >= 0.6 is 0 Å². The van der Waals surface area contributed by atoms with Crippen molar-refractivity contribution in [1.29, 1.82) is 0 Å². The van der Waals surface area contributed by atoms with Crippen molar-refractivity contribution in [2.75, 3.05) is 28.1 Å². The molecule has 2 aromatic carbocycles. The standard InChI is InChI=1S/C27H32O7/c1-8-14(2)27(28)34-26-22-18(12-20-24(26)33-13-32-20)10-16(4)15(3)9-17-11-19(29-5)23(30-6)25(31-7)21(17)22/h8,11-12,15-16H,9-10,13H2,1-7H3/t15-,16+/m1/s1. The first-order valence-electron chi connectivity index (χ1n) is 11.5. The maximum Gasteiger partial charge on any atom is 0.338 e. The summed E-state index contributed by atoms with van der Waals surface area (Å²) in [6, 6.07) is 3.98. The van der Waals surface area contributed by atoms with Crippen molar-refractivity contribution < 1.29 is 33.2 Å². The number of hydrogen-bond donors (Lipinski definition) is 0. The Morgan fingerprint density at radius 3 is 2.12 bits per heavy atom. The zero-order valence-electron chi connectivity index (χ0n) is 20.9. The van der Waals surface area contributed by atoms with Crippen molar-refractivity contribution in [3.05, 3.63) is 34.9 Å². The molecule has 34 heavy (non-hydrogen) atoms. The summed E-state index contributed by atoms with van der Waals surface area (Å²) in [6.45, 7) is 8.06. The van der Waals surface area contributed by atoms with Gasteiger partial charge in [0.15, 0.2) is 23.0 Å². The highest BCUT2D eigenvalue weighted by Crippen LogP contribution is 2.56. The summed E-state index contributed by atoms with van der Waals surface area (Å²) >= 11 is 0. The molecule has 4 rings (SSSR count). The van der Waals surface area contributed by atoms with Gasteiger partial charge in [0.2, 0.25) is 18.3 Å². The maximum atomic E-state index is 12.9. The van der Waals surface area contributed by atoms with Crippen LogP contribution < -0.4 is 28.4 Å². The second-order valence-electron chi connectivity index (χ2n) is 8.88. The number of esters is 1. The molecule has 1 aliphatic heterocycles. The van der Waals surface area contributed by atoms with E-state index in [2.05, 4.69) is 13.8 Å². The zero-order valence-corrected chi connectivity index (χ0v) is 20.9. The Hall–Kier alpha value is -3.35. The van der Waals surface area contributed by atoms with Crippen molar-refractivity contribution in [3.63, 3.8) is 0 Å². The van der Waals surface area contributed by atoms with Crippen LogP contribution in [0.5, 0.6) is 34.5 Å². The molecule has 0 saturated carbocycles. The van der Waals surface area contributed by atoms with Crippen LogP contribution in [0.4, 0.5) is 0 Å². The zero-order chi connectivity index (χ0) is 24.6. The van der Waals surface area contributed by atoms with Crippen LogP contribution in [0.3, 0.4) is 0 Å². The van der Waals surface area contributed by atoms with Crippen molar-refractivity contribution in [2.24, 2.45) is 11.8 Å². The van der Waals surface area contributed by atoms with Gasteiger partial charge < -0.3 is 28.4 Å². The lowest BCUT2D eigenvalue weighted by Gasteiger charge is -2.30. The Bertz CT molecular complexity index is 1150. The molecule has 2 aliphatic rings. The molecular formula is C27H32O7. The molecule has 0 spiro atoms. The lowest BCUT2D eigenvalue weighted by atomic mass is 9.77. The van der Waals surface area contributed by atoms with Gasteiger partial charge in [-0.1, -0.05) is 19.9 Å². The summed E-state index contributed by atoms with van der Waals surface area (Å²) in [6.07, 6.45) is 3.29. The number of carbonyl (C=O) groups is 1. The first kappa shape index (κ1) is 23.8. The monoisotopic (exact) mass is 468 g/mol. The molecule has 7 nitrogen and oxygen atoms in total. The van der Waals surface area contributed by atoms with Crippen LogP contribution in [-0.2, 0) is 17.6 Å². The van der Waals surface area contributed by atoms with Gasteiger partial charge in [-0.25, -0.2) is 4.79 Å². The van der Waals surface area contributed by atoms with Crippen LogP contribution in [0.25, 0.3) is 11.1 Å². The van der Waals surface area contributed by atoms with Gasteiger partial charge in [-0.15, -0.1) is 0 Å². The van der Waals surface area contributed by atoms with E-state index >= 15 is 0 Å². The fraction of sp³-hybridized carbons (Fsp3) is 0.444. The van der Waals surface area contributed by atoms with E-state index in [4.69, 9.17) is 28.4 Å². The molecule has 1 aliphatic carbocycles. The minimum Gasteiger partial charge on any atom is -0.493 e. The van der Waals surface area contributed by atoms with Crippen LogP contribution in [0.1, 0.15) is 38.8 Å². The Balaban J connectivity index is 2.11. The number of fused-ring (bicyclic) bond motifs is 4. The third-order valence-electron chi connectivity index (χ3n) is 6.87. The molecule has 0 unspecified atom stereocenters. The Morgan fingerprint density at radius 1 is 0.912 bits per heavy atom. The van der Waals surface area contributed by atoms with E-state index < -0.39 is 5.97 Å². The van der Waals surface area contributed by atoms with E-state index in [0.717, 1.165) is 35.1 Å². The van der Waals surface area contributed by atoms with Gasteiger partial charge in [0.25, 0.3) is 0 Å². The van der Waals surface area contributed by atoms with E-state index in [9.17, 15) is 4.79 Å². The molecule has 0 amide bonds. The molecule has 182 valence electrons. The van der Waals surface area contributed by atoms with Gasteiger partial charge in [0, 0.05) is 16.7 Å². The molecule has 0 aromatic heterocycles. The van der Waals surface area contributed by atoms with Crippen molar-refractivity contribution in [3.8, 4) is 45.6 Å². The largest absolute Gasteiger partial charge is 0.493 e. The normalized spacial score (nSPS) is 18.9. The van der Waals surface area contributed by atoms with Crippen molar-refractivity contribution in [2.45, 2.75) is 40.5 Å². The van der Waals surface area contributed by atoms with Crippen LogP contribution in [0, 0.1) is 11.8 Å². The minimum atomic E-state index is -0.446. The second-order valence-corrected chi connectivity index (χ2v) is 8.88. The maximum absolute atomic E-state index is 12.9. The quantitative estimate of drug-likeness (QED) is 0.333. The van der Waals surface area contributed by atoms with Gasteiger partial charge in [-0.05, 0) is 61.8 Å². The lowest BCUT2D eigenvalue weighted by molar-refractivity contribution is -0.130. The number of carbonyl (C=O) groups excluding carboxylic acids is 1. The highest BCUT2D eigenvalue weighted by atomic mass is 16.7. The molecule has 1 heterocycles. The molecule has 7 heteroatoms. The minimum absolute atomic E-state index is 0.0628. The van der Waals surface area contributed by atoms with E-state index in [1.807, 2.05) is 12.1 Å². The van der Waals surface area contributed by atoms with Crippen LogP contribution in [-0.4, -0.2) is 34.1 Å². The third kappa shape index (κ3) is 3.93. The molecule has 0 radical (unpaired) electrons. The molecule has 0 N–H and O–H groups in total. The van der Waals surface area contributed by atoms with E-state index in [-0.39, 0.29) is 6.79 Å². The molecular weight excluding hydrogens is 436 g/mol. The SMILES string of the molecule is CC=C(C)C(=O)Oc1c2c(cc3c1-c1c(cc(OC)c(OC)c1OC)C[C@@H](C)[C@@H](C)C3)OCO2. The summed E-state index contributed by atoms with van der Waals surface area (Å²) < 4.78 is 34.8. The van der Waals surface area contributed by atoms with E-state index in [0.29, 0.717) is 51.9 Å². The molecule has 0 bridgehead atoms. The van der Waals surface area contributed by atoms with Gasteiger partial charge >= 0.3 is 5.97 Å². The van der Waals surface area contributed by atoms with Crippen molar-refractivity contribution in [1.82, 2.24) is 0 Å². The topological polar surface area (TPSA) is 72.5 Å². The number of benzene rings is 2. The van der Waals surface area contributed by atoms with Gasteiger partial charge in [-0.3, -0.25) is 0 Å². The average molecular weight is 469 g/mol. The first-order valence-corrected chi connectivity index (χ1v) is 11.5. The fourth-order valence-electron chi connectivity index (χ4n) is 4.62. The fourth-order valence-corrected chi connectivity index (χ4v) is 4.62. The molecule has 2 aromatic rings. The van der Waals surface area contributed by atoms with Crippen LogP contribution in [0.2, 0.25) is 0 Å². The van der Waals surface area contributed by atoms with Crippen molar-refractivity contribution >= 4 is 5.97 Å². The van der Waals surface area contributed by atoms with Crippen LogP contribution in [0.15, 0.2) is 23.8 Å². The number of methoxy groups -OCH3 is 3. The molecule has 0 saturated heterocycles. The highest BCUT2D eigenvalue weighted by Gasteiger charge is 2.35. The summed E-state index contributed by atoms with van der Waals surface area (Å²) in [5, 5.41) is 0. The molecule has 2 atom stereocenters. The first-order chi connectivity index (χ1) is 16.3. The predicted molar refractivity (Wildman–Crippen MR) is 128 cm³/mol. The number of allylic oxidation sites excluding steroid dienone is 1. The Kier molecular flexibility index (Phi) is 6.64. The summed E-state index contributed by atoms with van der Waals surface area (Å²) in [5.41, 5.74) is 4.09. The van der Waals surface area contributed by atoms with E-state index in [1.54, 1.807) is 41.3 Å². The number of rotatable bonds is 5. The second kappa shape index (κ2) is 9.49. The third-order valence-corrected chi connectivity index (χ3v) is 6.87. The summed E-state index contributed by atoms with van der Waals surface area (Å²) in [7, 11) is 4.79. The number of hydrogen-bond acceptors (Lipinski definition) is 7. The highest BCUT2D eigenvalue weighted by molar-refractivity contribution is 5.94. The predicted octanol–water partition coefficient (Wildman–Crippen LogP) is 5.35. The van der Waals surface area contributed by atoms with Gasteiger partial charge in [0.1, 0.15) is 0 Å². The van der Waals surface area contributed by atoms with Gasteiger partial charge in [-0.2, -0.15) is 0 Å². The Labute approximate surface area is 200 Å². The van der Waals surface area contributed by atoms with E-state index in [1.165, 1.54) is 0 Å². The summed E-state index contributed by atoms with van der Waals surface area (Å²) in [5.74, 6) is 3.23. The number of ether oxygens (including phenoxy) is 6. The Morgan fingerprint density at radius 2 is 1.53 bits per heavy atom. The lowest BCUT2D eigenvalue weighted by Crippen LogP contribution is -2.19. The average Bonchev–Trinajstić information content (AvgIpc) is 3.30. The smallest absolute Gasteiger partial charge is 0.338 e.